The van der Waals surface area contributed by atoms with Crippen LogP contribution in [0.15, 0.2) is 91.1 Å². The van der Waals surface area contributed by atoms with E-state index in [1.807, 2.05) is 42.5 Å². The molecule has 3 aromatic carbocycles. The Labute approximate surface area is 265 Å². The van der Waals surface area contributed by atoms with Gasteiger partial charge in [-0.25, -0.2) is 4.79 Å². The van der Waals surface area contributed by atoms with Gasteiger partial charge in [-0.3, -0.25) is 19.5 Å². The van der Waals surface area contributed by atoms with Crippen molar-refractivity contribution in [1.82, 2.24) is 14.8 Å². The molecule has 224 valence electrons. The minimum Gasteiger partial charge on any atom is -0.445 e. The van der Waals surface area contributed by atoms with E-state index in [4.69, 9.17) is 32.7 Å². The lowest BCUT2D eigenvalue weighted by Gasteiger charge is -2.43. The van der Waals surface area contributed by atoms with Crippen LogP contribution in [0.3, 0.4) is 0 Å². The molecule has 1 aromatic heterocycles. The van der Waals surface area contributed by atoms with Gasteiger partial charge in [-0.2, -0.15) is 0 Å². The summed E-state index contributed by atoms with van der Waals surface area (Å²) in [6.07, 6.45) is 1.15. The molecule has 44 heavy (non-hydrogen) atoms. The Morgan fingerprint density at radius 3 is 2.36 bits per heavy atom. The SMILES string of the molecule is CC(=O)c1ccc2c(c1)C(=O)N(Cc1ccc(Cl)cn1)C2(OCC1CN(C(=O)OCc2ccccc2)C1)c1ccc(Cl)cc1. The third-order valence-electron chi connectivity index (χ3n) is 7.94. The molecule has 0 N–H and O–H groups in total. The largest absolute Gasteiger partial charge is 0.445 e. The Kier molecular flexibility index (Phi) is 8.40. The van der Waals surface area contributed by atoms with Crippen molar-refractivity contribution in [2.24, 2.45) is 5.92 Å². The summed E-state index contributed by atoms with van der Waals surface area (Å²) >= 11 is 12.4. The van der Waals surface area contributed by atoms with Gasteiger partial charge in [0, 0.05) is 52.5 Å². The Morgan fingerprint density at radius 1 is 0.955 bits per heavy atom. The summed E-state index contributed by atoms with van der Waals surface area (Å²) in [5, 5.41) is 1.02. The van der Waals surface area contributed by atoms with Gasteiger partial charge >= 0.3 is 6.09 Å². The molecule has 0 spiro atoms. The van der Waals surface area contributed by atoms with E-state index < -0.39 is 5.72 Å². The second kappa shape index (κ2) is 12.4. The summed E-state index contributed by atoms with van der Waals surface area (Å²) in [5.41, 5.74) is 2.29. The second-order valence-electron chi connectivity index (χ2n) is 10.9. The number of ketones is 1. The molecule has 2 amide bonds. The van der Waals surface area contributed by atoms with Gasteiger partial charge in [0.05, 0.1) is 23.9 Å². The molecular formula is C34H29Cl2N3O5. The highest BCUT2D eigenvalue weighted by molar-refractivity contribution is 6.30. The topological polar surface area (TPSA) is 89.0 Å². The van der Waals surface area contributed by atoms with Gasteiger partial charge < -0.3 is 14.4 Å². The van der Waals surface area contributed by atoms with Crippen LogP contribution in [0.1, 0.15) is 50.0 Å². The molecule has 1 atom stereocenters. The van der Waals surface area contributed by atoms with Crippen LogP contribution >= 0.6 is 23.2 Å². The molecule has 0 radical (unpaired) electrons. The zero-order chi connectivity index (χ0) is 30.8. The molecule has 2 aliphatic rings. The van der Waals surface area contributed by atoms with Crippen molar-refractivity contribution in [3.63, 3.8) is 0 Å². The number of hydrogen-bond acceptors (Lipinski definition) is 6. The molecule has 8 nitrogen and oxygen atoms in total. The molecule has 0 saturated carbocycles. The van der Waals surface area contributed by atoms with Crippen LogP contribution in [0, 0.1) is 5.92 Å². The number of rotatable bonds is 9. The summed E-state index contributed by atoms with van der Waals surface area (Å²) in [6.45, 7) is 2.93. The van der Waals surface area contributed by atoms with E-state index in [-0.39, 0.29) is 43.5 Å². The summed E-state index contributed by atoms with van der Waals surface area (Å²) in [5.74, 6) is -0.436. The number of halogens is 2. The third kappa shape index (κ3) is 5.80. The number of fused-ring (bicyclic) bond motifs is 1. The number of likely N-dealkylation sites (tertiary alicyclic amines) is 1. The van der Waals surface area contributed by atoms with Crippen molar-refractivity contribution in [2.75, 3.05) is 19.7 Å². The number of Topliss-reactive ketones (excluding diaryl/α,β-unsaturated/α-hetero) is 1. The highest BCUT2D eigenvalue weighted by Crippen LogP contribution is 2.47. The van der Waals surface area contributed by atoms with E-state index >= 15 is 0 Å². The Morgan fingerprint density at radius 2 is 1.68 bits per heavy atom. The van der Waals surface area contributed by atoms with Crippen molar-refractivity contribution >= 4 is 41.0 Å². The minimum absolute atomic E-state index is 0.00889. The highest BCUT2D eigenvalue weighted by Gasteiger charge is 2.53. The predicted molar refractivity (Wildman–Crippen MR) is 165 cm³/mol. The number of hydrogen-bond donors (Lipinski definition) is 0. The maximum atomic E-state index is 14.1. The lowest BCUT2D eigenvalue weighted by atomic mass is 9.91. The second-order valence-corrected chi connectivity index (χ2v) is 11.8. The summed E-state index contributed by atoms with van der Waals surface area (Å²) in [6, 6.07) is 25.3. The fourth-order valence-corrected chi connectivity index (χ4v) is 5.85. The predicted octanol–water partition coefficient (Wildman–Crippen LogP) is 6.73. The normalized spacial score (nSPS) is 17.8. The standard InChI is InChI=1S/C34H29Cl2N3O5/c1-22(40)25-7-14-31-30(15-25)32(41)39(19-29-13-12-28(36)16-37-29)34(31,26-8-10-27(35)11-9-26)44-21-24-17-38(18-24)33(42)43-20-23-5-3-2-4-6-23/h2-16,24H,17-21H2,1H3. The molecule has 1 unspecified atom stereocenters. The quantitative estimate of drug-likeness (QED) is 0.191. The molecule has 1 saturated heterocycles. The van der Waals surface area contributed by atoms with Gasteiger partial charge in [-0.1, -0.05) is 77.8 Å². The van der Waals surface area contributed by atoms with Gasteiger partial charge in [0.2, 0.25) is 0 Å². The first-order valence-electron chi connectivity index (χ1n) is 14.2. The number of carbonyl (C=O) groups excluding carboxylic acids is 3. The summed E-state index contributed by atoms with van der Waals surface area (Å²) in [4.78, 5) is 46.8. The molecule has 0 bridgehead atoms. The molecule has 0 aliphatic carbocycles. The molecule has 6 rings (SSSR count). The van der Waals surface area contributed by atoms with Crippen LogP contribution in [0.4, 0.5) is 4.79 Å². The van der Waals surface area contributed by atoms with E-state index in [1.54, 1.807) is 52.3 Å². The molecule has 1 fully saturated rings. The van der Waals surface area contributed by atoms with Crippen molar-refractivity contribution in [1.29, 1.82) is 0 Å². The monoisotopic (exact) mass is 629 g/mol. The Bertz CT molecular complexity index is 1690. The van der Waals surface area contributed by atoms with Crippen LogP contribution in [-0.4, -0.2) is 52.3 Å². The van der Waals surface area contributed by atoms with E-state index in [0.717, 1.165) is 5.56 Å². The fraction of sp³-hybridized carbons (Fsp3) is 0.235. The number of benzene rings is 3. The van der Waals surface area contributed by atoms with Gasteiger partial charge in [-0.05, 0) is 42.8 Å². The van der Waals surface area contributed by atoms with Gasteiger partial charge in [0.25, 0.3) is 5.91 Å². The molecule has 4 aromatic rings. The van der Waals surface area contributed by atoms with E-state index in [2.05, 4.69) is 4.98 Å². The van der Waals surface area contributed by atoms with Gasteiger partial charge in [0.1, 0.15) is 6.61 Å². The number of carbonyl (C=O) groups is 3. The van der Waals surface area contributed by atoms with E-state index in [1.165, 1.54) is 13.1 Å². The summed E-state index contributed by atoms with van der Waals surface area (Å²) in [7, 11) is 0. The third-order valence-corrected chi connectivity index (χ3v) is 8.42. The number of pyridine rings is 1. The smallest absolute Gasteiger partial charge is 0.410 e. The number of nitrogens with zero attached hydrogens (tertiary/aromatic N) is 3. The van der Waals surface area contributed by atoms with Crippen LogP contribution in [0.25, 0.3) is 0 Å². The average molecular weight is 631 g/mol. The zero-order valence-electron chi connectivity index (χ0n) is 23.9. The first kappa shape index (κ1) is 29.8. The number of aromatic nitrogens is 1. The minimum atomic E-state index is -1.35. The van der Waals surface area contributed by atoms with Crippen LogP contribution < -0.4 is 0 Å². The lowest BCUT2D eigenvalue weighted by molar-refractivity contribution is -0.133. The van der Waals surface area contributed by atoms with Crippen molar-refractivity contribution in [3.8, 4) is 0 Å². The van der Waals surface area contributed by atoms with Crippen LogP contribution in [0.2, 0.25) is 10.0 Å². The average Bonchev–Trinajstić information content (AvgIpc) is 3.24. The number of ether oxygens (including phenoxy) is 2. The van der Waals surface area contributed by atoms with Crippen molar-refractivity contribution in [2.45, 2.75) is 25.8 Å². The van der Waals surface area contributed by atoms with Crippen LogP contribution in [-0.2, 0) is 28.4 Å². The van der Waals surface area contributed by atoms with E-state index in [0.29, 0.717) is 51.1 Å². The maximum Gasteiger partial charge on any atom is 0.410 e. The molecule has 2 aliphatic heterocycles. The molecule has 3 heterocycles. The van der Waals surface area contributed by atoms with Gasteiger partial charge in [0.15, 0.2) is 11.5 Å². The van der Waals surface area contributed by atoms with Crippen LogP contribution in [0.5, 0.6) is 0 Å². The van der Waals surface area contributed by atoms with E-state index in [9.17, 15) is 14.4 Å². The molecule has 10 heteroatoms. The number of amides is 2. The molecular weight excluding hydrogens is 601 g/mol. The maximum absolute atomic E-state index is 14.1. The first-order valence-corrected chi connectivity index (χ1v) is 14.9. The summed E-state index contributed by atoms with van der Waals surface area (Å²) < 4.78 is 12.3. The van der Waals surface area contributed by atoms with Gasteiger partial charge in [-0.15, -0.1) is 0 Å². The van der Waals surface area contributed by atoms with Crippen molar-refractivity contribution in [3.05, 3.63) is 135 Å². The fourth-order valence-electron chi connectivity index (χ4n) is 5.61. The highest BCUT2D eigenvalue weighted by atomic mass is 35.5. The van der Waals surface area contributed by atoms with Crippen molar-refractivity contribution < 1.29 is 23.9 Å². The first-order chi connectivity index (χ1) is 21.2. The Hall–Kier alpha value is -4.24. The lowest BCUT2D eigenvalue weighted by Crippen LogP contribution is -2.54. The zero-order valence-corrected chi connectivity index (χ0v) is 25.4. The Balaban J connectivity index is 1.29.